The molecule has 0 radical (unpaired) electrons. The zero-order valence-corrected chi connectivity index (χ0v) is 8.98. The number of pyridine rings is 1. The molecule has 2 heteroatoms. The first-order chi connectivity index (χ1) is 6.20. The molecule has 0 atom stereocenters. The Morgan fingerprint density at radius 1 is 1.38 bits per heavy atom. The molecule has 2 heterocycles. The van der Waals surface area contributed by atoms with Crippen LogP contribution in [0, 0.1) is 6.92 Å². The summed E-state index contributed by atoms with van der Waals surface area (Å²) in [7, 11) is 0. The van der Waals surface area contributed by atoms with Crippen molar-refractivity contribution in [2.75, 3.05) is 0 Å². The normalized spacial score (nSPS) is 11.4. The molecule has 0 fully saturated rings. The molecular weight excluding hydrogens is 178 g/mol. The number of fused-ring (bicyclic) bond motifs is 1. The maximum atomic E-state index is 4.43. The van der Waals surface area contributed by atoms with E-state index in [2.05, 4.69) is 37.2 Å². The molecule has 0 saturated heterocycles. The van der Waals surface area contributed by atoms with Crippen molar-refractivity contribution < 1.29 is 0 Å². The molecule has 0 unspecified atom stereocenters. The number of aryl methyl sites for hydroxylation is 1. The standard InChI is InChI=1S/C11H13NS/c1-7(2)9-6-13-11-8(3)4-5-12-10(9)11/h4-7H,1-3H3. The summed E-state index contributed by atoms with van der Waals surface area (Å²) >= 11 is 1.81. The number of aromatic nitrogens is 1. The van der Waals surface area contributed by atoms with Gasteiger partial charge in [-0.05, 0) is 35.4 Å². The topological polar surface area (TPSA) is 12.9 Å². The van der Waals surface area contributed by atoms with Gasteiger partial charge in [0.05, 0.1) is 10.2 Å². The fourth-order valence-corrected chi connectivity index (χ4v) is 2.65. The van der Waals surface area contributed by atoms with Crippen LogP contribution in [0.1, 0.15) is 30.9 Å². The van der Waals surface area contributed by atoms with Gasteiger partial charge >= 0.3 is 0 Å². The van der Waals surface area contributed by atoms with E-state index in [1.165, 1.54) is 21.3 Å². The van der Waals surface area contributed by atoms with Crippen LogP contribution in [0.2, 0.25) is 0 Å². The summed E-state index contributed by atoms with van der Waals surface area (Å²) in [5.41, 5.74) is 3.91. The fourth-order valence-electron chi connectivity index (χ4n) is 1.49. The monoisotopic (exact) mass is 191 g/mol. The number of thiophene rings is 1. The van der Waals surface area contributed by atoms with Crippen LogP contribution in [0.5, 0.6) is 0 Å². The minimum atomic E-state index is 0.572. The van der Waals surface area contributed by atoms with E-state index in [4.69, 9.17) is 0 Å². The van der Waals surface area contributed by atoms with Gasteiger partial charge in [0, 0.05) is 6.20 Å². The SMILES string of the molecule is Cc1ccnc2c(C(C)C)csc12. The van der Waals surface area contributed by atoms with Crippen LogP contribution in [-0.2, 0) is 0 Å². The average Bonchev–Trinajstić information content (AvgIpc) is 2.48. The summed E-state index contributed by atoms with van der Waals surface area (Å²) in [6.45, 7) is 6.57. The minimum Gasteiger partial charge on any atom is -0.255 e. The molecule has 2 rings (SSSR count). The molecular formula is C11H13NS. The largest absolute Gasteiger partial charge is 0.255 e. The Bertz CT molecular complexity index is 429. The molecule has 2 aromatic rings. The Balaban J connectivity index is 2.75. The minimum absolute atomic E-state index is 0.572. The number of hydrogen-bond acceptors (Lipinski definition) is 2. The Labute approximate surface area is 82.4 Å². The smallest absolute Gasteiger partial charge is 0.0846 e. The lowest BCUT2D eigenvalue weighted by Crippen LogP contribution is -1.86. The van der Waals surface area contributed by atoms with E-state index in [-0.39, 0.29) is 0 Å². The highest BCUT2D eigenvalue weighted by atomic mass is 32.1. The fraction of sp³-hybridized carbons (Fsp3) is 0.364. The first kappa shape index (κ1) is 8.70. The quantitative estimate of drug-likeness (QED) is 0.669. The van der Waals surface area contributed by atoms with Crippen LogP contribution in [0.3, 0.4) is 0 Å². The lowest BCUT2D eigenvalue weighted by Gasteiger charge is -2.01. The number of hydrogen-bond donors (Lipinski definition) is 0. The van der Waals surface area contributed by atoms with Gasteiger partial charge in [-0.15, -0.1) is 11.3 Å². The van der Waals surface area contributed by atoms with Gasteiger partial charge in [-0.1, -0.05) is 13.8 Å². The predicted molar refractivity (Wildman–Crippen MR) is 58.4 cm³/mol. The zero-order chi connectivity index (χ0) is 9.42. The molecule has 1 nitrogen and oxygen atoms in total. The van der Waals surface area contributed by atoms with E-state index in [1.54, 1.807) is 11.3 Å². The third-order valence-electron chi connectivity index (χ3n) is 2.30. The molecule has 68 valence electrons. The first-order valence-electron chi connectivity index (χ1n) is 4.53. The Morgan fingerprint density at radius 2 is 2.15 bits per heavy atom. The second kappa shape index (κ2) is 3.11. The first-order valence-corrected chi connectivity index (χ1v) is 5.41. The molecule has 0 saturated carbocycles. The van der Waals surface area contributed by atoms with Crippen LogP contribution in [0.25, 0.3) is 10.2 Å². The molecule has 0 bridgehead atoms. The van der Waals surface area contributed by atoms with Gasteiger partial charge in [0.1, 0.15) is 0 Å². The molecule has 0 aliphatic rings. The van der Waals surface area contributed by atoms with Crippen LogP contribution in [0.15, 0.2) is 17.6 Å². The van der Waals surface area contributed by atoms with Gasteiger partial charge in [-0.2, -0.15) is 0 Å². The third-order valence-corrected chi connectivity index (χ3v) is 3.42. The van der Waals surface area contributed by atoms with Gasteiger partial charge in [0.15, 0.2) is 0 Å². The summed E-state index contributed by atoms with van der Waals surface area (Å²) in [5, 5.41) is 2.23. The van der Waals surface area contributed by atoms with Crippen molar-refractivity contribution in [3.05, 3.63) is 28.8 Å². The Hall–Kier alpha value is -0.890. The summed E-state index contributed by atoms with van der Waals surface area (Å²) in [5.74, 6) is 0.572. The third kappa shape index (κ3) is 1.35. The predicted octanol–water partition coefficient (Wildman–Crippen LogP) is 3.73. The van der Waals surface area contributed by atoms with Crippen molar-refractivity contribution in [2.45, 2.75) is 26.7 Å². The highest BCUT2D eigenvalue weighted by Crippen LogP contribution is 2.31. The molecule has 0 N–H and O–H groups in total. The van der Waals surface area contributed by atoms with Crippen LogP contribution in [0.4, 0.5) is 0 Å². The Kier molecular flexibility index (Phi) is 2.08. The lowest BCUT2D eigenvalue weighted by molar-refractivity contribution is 0.877. The van der Waals surface area contributed by atoms with Crippen molar-refractivity contribution in [1.82, 2.24) is 4.98 Å². The highest BCUT2D eigenvalue weighted by molar-refractivity contribution is 7.17. The summed E-state index contributed by atoms with van der Waals surface area (Å²) in [6.07, 6.45) is 1.90. The number of nitrogens with zero attached hydrogens (tertiary/aromatic N) is 1. The van der Waals surface area contributed by atoms with Gasteiger partial charge in [-0.25, -0.2) is 0 Å². The van der Waals surface area contributed by atoms with Gasteiger partial charge in [-0.3, -0.25) is 4.98 Å². The summed E-state index contributed by atoms with van der Waals surface area (Å²) in [6, 6.07) is 2.07. The van der Waals surface area contributed by atoms with Crippen molar-refractivity contribution in [2.24, 2.45) is 0 Å². The maximum Gasteiger partial charge on any atom is 0.0846 e. The maximum absolute atomic E-state index is 4.43. The van der Waals surface area contributed by atoms with Crippen molar-refractivity contribution in [3.63, 3.8) is 0 Å². The molecule has 0 amide bonds. The van der Waals surface area contributed by atoms with Crippen molar-refractivity contribution >= 4 is 21.6 Å². The molecule has 0 aliphatic heterocycles. The van der Waals surface area contributed by atoms with E-state index in [9.17, 15) is 0 Å². The molecule has 0 aliphatic carbocycles. The van der Waals surface area contributed by atoms with E-state index in [0.717, 1.165) is 0 Å². The van der Waals surface area contributed by atoms with Gasteiger partial charge in [0.2, 0.25) is 0 Å². The number of rotatable bonds is 1. The zero-order valence-electron chi connectivity index (χ0n) is 8.16. The Morgan fingerprint density at radius 3 is 2.85 bits per heavy atom. The molecule has 0 spiro atoms. The van der Waals surface area contributed by atoms with Crippen LogP contribution < -0.4 is 0 Å². The van der Waals surface area contributed by atoms with E-state index in [1.807, 2.05) is 6.20 Å². The van der Waals surface area contributed by atoms with E-state index < -0.39 is 0 Å². The summed E-state index contributed by atoms with van der Waals surface area (Å²) in [4.78, 5) is 4.43. The van der Waals surface area contributed by atoms with Crippen LogP contribution in [-0.4, -0.2) is 4.98 Å². The highest BCUT2D eigenvalue weighted by Gasteiger charge is 2.09. The van der Waals surface area contributed by atoms with Crippen LogP contribution >= 0.6 is 11.3 Å². The van der Waals surface area contributed by atoms with Gasteiger partial charge in [0.25, 0.3) is 0 Å². The molecule has 13 heavy (non-hydrogen) atoms. The molecule has 0 aromatic carbocycles. The average molecular weight is 191 g/mol. The van der Waals surface area contributed by atoms with Gasteiger partial charge < -0.3 is 0 Å². The van der Waals surface area contributed by atoms with Crippen molar-refractivity contribution in [1.29, 1.82) is 0 Å². The summed E-state index contributed by atoms with van der Waals surface area (Å²) < 4.78 is 1.34. The van der Waals surface area contributed by atoms with Crippen molar-refractivity contribution in [3.8, 4) is 0 Å². The second-order valence-electron chi connectivity index (χ2n) is 3.65. The molecule has 2 aromatic heterocycles. The van der Waals surface area contributed by atoms with E-state index in [0.29, 0.717) is 5.92 Å². The second-order valence-corrected chi connectivity index (χ2v) is 4.53. The lowest BCUT2D eigenvalue weighted by atomic mass is 10.1. The van der Waals surface area contributed by atoms with E-state index >= 15 is 0 Å².